The largest absolute Gasteiger partial charge is 0.338 e. The van der Waals surface area contributed by atoms with E-state index in [0.717, 1.165) is 26.2 Å². The second kappa shape index (κ2) is 7.49. The highest BCUT2D eigenvalue weighted by Crippen LogP contribution is 2.09. The van der Waals surface area contributed by atoms with Crippen molar-refractivity contribution in [3.63, 3.8) is 0 Å². The van der Waals surface area contributed by atoms with Gasteiger partial charge in [0.2, 0.25) is 0 Å². The summed E-state index contributed by atoms with van der Waals surface area (Å²) in [4.78, 5) is 11.4. The van der Waals surface area contributed by atoms with Crippen LogP contribution >= 0.6 is 0 Å². The maximum atomic E-state index is 11.4. The molecule has 0 aromatic carbocycles. The third-order valence-electron chi connectivity index (χ3n) is 2.87. The van der Waals surface area contributed by atoms with E-state index in [2.05, 4.69) is 29.8 Å². The van der Waals surface area contributed by atoms with Crippen LogP contribution in [0.2, 0.25) is 0 Å². The van der Waals surface area contributed by atoms with Crippen LogP contribution in [-0.2, 0) is 0 Å². The van der Waals surface area contributed by atoms with Gasteiger partial charge in [-0.05, 0) is 37.8 Å². The van der Waals surface area contributed by atoms with E-state index in [1.807, 2.05) is 0 Å². The standard InChI is InChI=1S/C12H25N3O/c1-10(2)7-14-12(16)15-9-11-5-3-4-6-13-8-11/h10-11,13H,3-9H2,1-2H3,(H2,14,15,16). The van der Waals surface area contributed by atoms with Crippen molar-refractivity contribution in [2.45, 2.75) is 33.1 Å². The van der Waals surface area contributed by atoms with Crippen LogP contribution in [0.5, 0.6) is 0 Å². The van der Waals surface area contributed by atoms with Gasteiger partial charge in [0.05, 0.1) is 0 Å². The van der Waals surface area contributed by atoms with Crippen molar-refractivity contribution in [3.05, 3.63) is 0 Å². The number of rotatable bonds is 4. The Balaban J connectivity index is 2.10. The first-order valence-corrected chi connectivity index (χ1v) is 6.41. The summed E-state index contributed by atoms with van der Waals surface area (Å²) in [5, 5.41) is 9.21. The topological polar surface area (TPSA) is 53.2 Å². The highest BCUT2D eigenvalue weighted by molar-refractivity contribution is 5.73. The molecule has 1 aliphatic rings. The number of hydrogen-bond acceptors (Lipinski definition) is 2. The van der Waals surface area contributed by atoms with Crippen LogP contribution in [0.25, 0.3) is 0 Å². The fraction of sp³-hybridized carbons (Fsp3) is 0.917. The third-order valence-corrected chi connectivity index (χ3v) is 2.87. The van der Waals surface area contributed by atoms with Crippen LogP contribution in [0, 0.1) is 11.8 Å². The van der Waals surface area contributed by atoms with Crippen molar-refractivity contribution in [2.24, 2.45) is 11.8 Å². The molecule has 0 bridgehead atoms. The zero-order valence-electron chi connectivity index (χ0n) is 10.5. The Kier molecular flexibility index (Phi) is 6.23. The molecule has 0 aromatic rings. The molecule has 0 spiro atoms. The predicted octanol–water partition coefficient (Wildman–Crippen LogP) is 1.33. The average molecular weight is 227 g/mol. The van der Waals surface area contributed by atoms with Crippen LogP contribution in [0.1, 0.15) is 33.1 Å². The summed E-state index contributed by atoms with van der Waals surface area (Å²) in [6.45, 7) is 7.87. The van der Waals surface area contributed by atoms with Crippen LogP contribution in [0.3, 0.4) is 0 Å². The molecule has 94 valence electrons. The Morgan fingerprint density at radius 2 is 2.19 bits per heavy atom. The zero-order chi connectivity index (χ0) is 11.8. The molecular formula is C12H25N3O. The van der Waals surface area contributed by atoms with Gasteiger partial charge in [-0.15, -0.1) is 0 Å². The summed E-state index contributed by atoms with van der Waals surface area (Å²) in [6.07, 6.45) is 3.75. The smallest absolute Gasteiger partial charge is 0.314 e. The lowest BCUT2D eigenvalue weighted by Crippen LogP contribution is -2.41. The number of carbonyl (C=O) groups is 1. The average Bonchev–Trinajstić information content (AvgIpc) is 2.51. The summed E-state index contributed by atoms with van der Waals surface area (Å²) in [5.74, 6) is 1.09. The van der Waals surface area contributed by atoms with Gasteiger partial charge >= 0.3 is 6.03 Å². The highest BCUT2D eigenvalue weighted by Gasteiger charge is 2.12. The number of nitrogens with one attached hydrogen (secondary N) is 3. The fourth-order valence-corrected chi connectivity index (χ4v) is 1.86. The van der Waals surface area contributed by atoms with Crippen molar-refractivity contribution in [1.82, 2.24) is 16.0 Å². The third kappa shape index (κ3) is 5.95. The van der Waals surface area contributed by atoms with E-state index < -0.39 is 0 Å². The molecule has 0 saturated carbocycles. The summed E-state index contributed by atoms with van der Waals surface area (Å²) >= 11 is 0. The molecule has 1 unspecified atom stereocenters. The molecule has 0 aliphatic carbocycles. The van der Waals surface area contributed by atoms with E-state index in [9.17, 15) is 4.79 Å². The molecule has 1 rings (SSSR count). The van der Waals surface area contributed by atoms with Crippen molar-refractivity contribution in [3.8, 4) is 0 Å². The minimum atomic E-state index is -0.0297. The fourth-order valence-electron chi connectivity index (χ4n) is 1.86. The molecule has 2 amide bonds. The van der Waals surface area contributed by atoms with Crippen LogP contribution in [0.15, 0.2) is 0 Å². The SMILES string of the molecule is CC(C)CNC(=O)NCC1CCCCNC1. The summed E-state index contributed by atoms with van der Waals surface area (Å²) in [7, 11) is 0. The molecular weight excluding hydrogens is 202 g/mol. The van der Waals surface area contributed by atoms with Gasteiger partial charge in [0.15, 0.2) is 0 Å². The Hall–Kier alpha value is -0.770. The highest BCUT2D eigenvalue weighted by atomic mass is 16.2. The molecule has 16 heavy (non-hydrogen) atoms. The number of hydrogen-bond donors (Lipinski definition) is 3. The first-order valence-electron chi connectivity index (χ1n) is 6.41. The van der Waals surface area contributed by atoms with Gasteiger partial charge in [0.1, 0.15) is 0 Å². The maximum Gasteiger partial charge on any atom is 0.314 e. The van der Waals surface area contributed by atoms with E-state index in [0.29, 0.717) is 11.8 Å². The number of carbonyl (C=O) groups excluding carboxylic acids is 1. The molecule has 4 nitrogen and oxygen atoms in total. The summed E-state index contributed by atoms with van der Waals surface area (Å²) < 4.78 is 0. The molecule has 1 atom stereocenters. The molecule has 4 heteroatoms. The predicted molar refractivity (Wildman–Crippen MR) is 66.5 cm³/mol. The van der Waals surface area contributed by atoms with Gasteiger partial charge in [0.25, 0.3) is 0 Å². The first-order chi connectivity index (χ1) is 7.68. The minimum Gasteiger partial charge on any atom is -0.338 e. The lowest BCUT2D eigenvalue weighted by atomic mass is 10.0. The van der Waals surface area contributed by atoms with Crippen molar-refractivity contribution in [2.75, 3.05) is 26.2 Å². The quantitative estimate of drug-likeness (QED) is 0.678. The monoisotopic (exact) mass is 227 g/mol. The normalized spacial score (nSPS) is 21.6. The van der Waals surface area contributed by atoms with Gasteiger partial charge in [-0.25, -0.2) is 4.79 Å². The van der Waals surface area contributed by atoms with Gasteiger partial charge in [0, 0.05) is 13.1 Å². The molecule has 0 aromatic heterocycles. The van der Waals surface area contributed by atoms with Crippen molar-refractivity contribution in [1.29, 1.82) is 0 Å². The van der Waals surface area contributed by atoms with Gasteiger partial charge in [-0.1, -0.05) is 20.3 Å². The lowest BCUT2D eigenvalue weighted by molar-refractivity contribution is 0.237. The molecule has 1 saturated heterocycles. The molecule has 1 fully saturated rings. The van der Waals surface area contributed by atoms with Crippen LogP contribution < -0.4 is 16.0 Å². The first kappa shape index (κ1) is 13.3. The zero-order valence-corrected chi connectivity index (χ0v) is 10.5. The lowest BCUT2D eigenvalue weighted by Gasteiger charge is -2.15. The minimum absolute atomic E-state index is 0.0297. The van der Waals surface area contributed by atoms with E-state index in [4.69, 9.17) is 0 Å². The molecule has 3 N–H and O–H groups in total. The van der Waals surface area contributed by atoms with Crippen LogP contribution in [0.4, 0.5) is 4.79 Å². The van der Waals surface area contributed by atoms with Crippen molar-refractivity contribution < 1.29 is 4.79 Å². The van der Waals surface area contributed by atoms with E-state index in [1.54, 1.807) is 0 Å². The van der Waals surface area contributed by atoms with Crippen LogP contribution in [-0.4, -0.2) is 32.2 Å². The van der Waals surface area contributed by atoms with E-state index in [-0.39, 0.29) is 6.03 Å². The maximum absolute atomic E-state index is 11.4. The second-order valence-corrected chi connectivity index (χ2v) is 5.05. The Morgan fingerprint density at radius 3 is 2.94 bits per heavy atom. The number of urea groups is 1. The van der Waals surface area contributed by atoms with Crippen molar-refractivity contribution >= 4 is 6.03 Å². The second-order valence-electron chi connectivity index (χ2n) is 5.05. The Labute approximate surface area is 98.6 Å². The van der Waals surface area contributed by atoms with Gasteiger partial charge < -0.3 is 16.0 Å². The summed E-state index contributed by atoms with van der Waals surface area (Å²) in [5.41, 5.74) is 0. The Morgan fingerprint density at radius 1 is 1.38 bits per heavy atom. The van der Waals surface area contributed by atoms with E-state index in [1.165, 1.54) is 19.3 Å². The summed E-state index contributed by atoms with van der Waals surface area (Å²) in [6, 6.07) is -0.0297. The molecule has 1 heterocycles. The van der Waals surface area contributed by atoms with E-state index >= 15 is 0 Å². The molecule has 1 aliphatic heterocycles. The van der Waals surface area contributed by atoms with Gasteiger partial charge in [-0.3, -0.25) is 0 Å². The Bertz CT molecular complexity index is 198. The van der Waals surface area contributed by atoms with Gasteiger partial charge in [-0.2, -0.15) is 0 Å². The number of amides is 2. The molecule has 0 radical (unpaired) electrons.